The van der Waals surface area contributed by atoms with E-state index in [0.29, 0.717) is 12.0 Å². The van der Waals surface area contributed by atoms with E-state index in [9.17, 15) is 0 Å². The Bertz CT molecular complexity index is 168. The van der Waals surface area contributed by atoms with Crippen molar-refractivity contribution >= 4 is 0 Å². The molecule has 68 valence electrons. The fourth-order valence-corrected chi connectivity index (χ4v) is 2.30. The Morgan fingerprint density at radius 1 is 1.42 bits per heavy atom. The molecular weight excluding hydrogens is 146 g/mol. The Hall–Kier alpha value is -0.480. The van der Waals surface area contributed by atoms with Gasteiger partial charge in [-0.1, -0.05) is 13.3 Å². The van der Waals surface area contributed by atoms with Crippen LogP contribution >= 0.6 is 0 Å². The Morgan fingerprint density at radius 2 is 2.17 bits per heavy atom. The lowest BCUT2D eigenvalue weighted by molar-refractivity contribution is 0.214. The van der Waals surface area contributed by atoms with Crippen LogP contribution < -0.4 is 5.73 Å². The summed E-state index contributed by atoms with van der Waals surface area (Å²) in [7, 11) is 0. The highest BCUT2D eigenvalue weighted by atomic mass is 14.6. The van der Waals surface area contributed by atoms with Gasteiger partial charge in [-0.15, -0.1) is 12.3 Å². The lowest BCUT2D eigenvalue weighted by Gasteiger charge is -2.33. The lowest BCUT2D eigenvalue weighted by Crippen LogP contribution is -2.32. The summed E-state index contributed by atoms with van der Waals surface area (Å²) >= 11 is 0. The van der Waals surface area contributed by atoms with Crippen LogP contribution in [0.15, 0.2) is 0 Å². The number of terminal acetylenes is 1. The van der Waals surface area contributed by atoms with E-state index in [0.717, 1.165) is 18.8 Å². The first-order valence-corrected chi connectivity index (χ1v) is 4.97. The van der Waals surface area contributed by atoms with Crippen LogP contribution in [0.5, 0.6) is 0 Å². The molecule has 1 saturated carbocycles. The first-order valence-electron chi connectivity index (χ1n) is 4.97. The normalized spacial score (nSPS) is 35.9. The number of hydrogen-bond donors (Lipinski definition) is 1. The molecule has 12 heavy (non-hydrogen) atoms. The quantitative estimate of drug-likeness (QED) is 0.623. The fraction of sp³-hybridized carbons (Fsp3) is 0.818. The number of rotatable bonds is 2. The van der Waals surface area contributed by atoms with Gasteiger partial charge in [0.2, 0.25) is 0 Å². The predicted octanol–water partition coefficient (Wildman–Crippen LogP) is 2.16. The van der Waals surface area contributed by atoms with E-state index in [1.807, 2.05) is 0 Å². The Labute approximate surface area is 75.7 Å². The zero-order valence-electron chi connectivity index (χ0n) is 7.92. The first-order chi connectivity index (χ1) is 5.77. The van der Waals surface area contributed by atoms with Crippen LogP contribution in [0.1, 0.15) is 39.0 Å². The van der Waals surface area contributed by atoms with Gasteiger partial charge in [0.1, 0.15) is 0 Å². The van der Waals surface area contributed by atoms with Gasteiger partial charge in [-0.2, -0.15) is 0 Å². The van der Waals surface area contributed by atoms with Gasteiger partial charge >= 0.3 is 0 Å². The van der Waals surface area contributed by atoms with E-state index >= 15 is 0 Å². The largest absolute Gasteiger partial charge is 0.328 e. The van der Waals surface area contributed by atoms with E-state index in [4.69, 9.17) is 12.2 Å². The maximum atomic E-state index is 5.90. The van der Waals surface area contributed by atoms with Gasteiger partial charge in [-0.3, -0.25) is 0 Å². The summed E-state index contributed by atoms with van der Waals surface area (Å²) in [5, 5.41) is 0. The zero-order valence-corrected chi connectivity index (χ0v) is 7.92. The molecule has 0 aromatic rings. The van der Waals surface area contributed by atoms with E-state index < -0.39 is 0 Å². The van der Waals surface area contributed by atoms with Crippen LogP contribution in [0.3, 0.4) is 0 Å². The van der Waals surface area contributed by atoms with E-state index in [-0.39, 0.29) is 0 Å². The maximum absolute atomic E-state index is 5.90. The molecule has 0 heterocycles. The van der Waals surface area contributed by atoms with Gasteiger partial charge in [-0.05, 0) is 31.1 Å². The number of hydrogen-bond acceptors (Lipinski definition) is 1. The summed E-state index contributed by atoms with van der Waals surface area (Å²) in [4.78, 5) is 0. The molecule has 2 N–H and O–H groups in total. The van der Waals surface area contributed by atoms with Crippen LogP contribution in [0.4, 0.5) is 0 Å². The summed E-state index contributed by atoms with van der Waals surface area (Å²) in [5.74, 6) is 4.30. The third-order valence-electron chi connectivity index (χ3n) is 3.08. The second-order valence-electron chi connectivity index (χ2n) is 3.91. The van der Waals surface area contributed by atoms with Gasteiger partial charge in [0, 0.05) is 12.5 Å². The summed E-state index contributed by atoms with van der Waals surface area (Å²) in [6, 6.07) is 0.408. The monoisotopic (exact) mass is 165 g/mol. The van der Waals surface area contributed by atoms with E-state index in [1.54, 1.807) is 0 Å². The third-order valence-corrected chi connectivity index (χ3v) is 3.08. The average molecular weight is 165 g/mol. The minimum absolute atomic E-state index is 0.408. The van der Waals surface area contributed by atoms with Crippen LogP contribution in [0.2, 0.25) is 0 Å². The van der Waals surface area contributed by atoms with Crippen molar-refractivity contribution in [3.05, 3.63) is 0 Å². The second kappa shape index (κ2) is 4.52. The molecule has 0 aromatic carbocycles. The molecule has 1 rings (SSSR count). The topological polar surface area (TPSA) is 26.0 Å². The molecule has 1 nitrogen and oxygen atoms in total. The van der Waals surface area contributed by atoms with Gasteiger partial charge in [0.15, 0.2) is 0 Å². The molecule has 0 spiro atoms. The Morgan fingerprint density at radius 3 is 2.75 bits per heavy atom. The summed E-state index contributed by atoms with van der Waals surface area (Å²) in [5.41, 5.74) is 5.90. The zero-order chi connectivity index (χ0) is 8.97. The van der Waals surface area contributed by atoms with Gasteiger partial charge in [0.05, 0.1) is 0 Å². The molecule has 0 bridgehead atoms. The van der Waals surface area contributed by atoms with Crippen LogP contribution in [0.25, 0.3) is 0 Å². The molecule has 0 saturated heterocycles. The fourth-order valence-electron chi connectivity index (χ4n) is 2.30. The summed E-state index contributed by atoms with van der Waals surface area (Å²) in [6.45, 7) is 2.25. The van der Waals surface area contributed by atoms with Crippen molar-refractivity contribution < 1.29 is 0 Å². The lowest BCUT2D eigenvalue weighted by atomic mass is 9.74. The van der Waals surface area contributed by atoms with Crippen molar-refractivity contribution in [3.8, 4) is 12.3 Å². The van der Waals surface area contributed by atoms with Gasteiger partial charge in [0.25, 0.3) is 0 Å². The smallest absolute Gasteiger partial charge is 0.0118 e. The first kappa shape index (κ1) is 9.61. The molecular formula is C11H19N. The predicted molar refractivity (Wildman–Crippen MR) is 52.5 cm³/mol. The van der Waals surface area contributed by atoms with Gasteiger partial charge in [-0.25, -0.2) is 0 Å². The van der Waals surface area contributed by atoms with Crippen LogP contribution in [-0.2, 0) is 0 Å². The SMILES string of the molecule is C#CCC1CC(N)CCC1CC. The summed E-state index contributed by atoms with van der Waals surface area (Å²) < 4.78 is 0. The third kappa shape index (κ3) is 2.25. The van der Waals surface area contributed by atoms with Crippen molar-refractivity contribution in [3.63, 3.8) is 0 Å². The molecule has 0 aromatic heterocycles. The van der Waals surface area contributed by atoms with Crippen molar-refractivity contribution in [1.82, 2.24) is 0 Å². The standard InChI is InChI=1S/C11H19N/c1-3-5-10-8-11(12)7-6-9(10)4-2/h1,9-11H,4-8,12H2,2H3. The molecule has 1 aliphatic rings. The second-order valence-corrected chi connectivity index (χ2v) is 3.91. The van der Waals surface area contributed by atoms with Gasteiger partial charge < -0.3 is 5.73 Å². The molecule has 1 aliphatic carbocycles. The Balaban J connectivity index is 2.47. The molecule has 0 radical (unpaired) electrons. The average Bonchev–Trinajstić information content (AvgIpc) is 2.05. The van der Waals surface area contributed by atoms with Crippen molar-refractivity contribution in [1.29, 1.82) is 0 Å². The highest BCUT2D eigenvalue weighted by Crippen LogP contribution is 2.33. The number of nitrogens with two attached hydrogens (primary N) is 1. The summed E-state index contributed by atoms with van der Waals surface area (Å²) in [6.07, 6.45) is 11.1. The maximum Gasteiger partial charge on any atom is 0.0118 e. The molecule has 1 heteroatoms. The minimum atomic E-state index is 0.408. The molecule has 0 aliphatic heterocycles. The van der Waals surface area contributed by atoms with E-state index in [2.05, 4.69) is 12.8 Å². The van der Waals surface area contributed by atoms with Crippen molar-refractivity contribution in [2.24, 2.45) is 17.6 Å². The highest BCUT2D eigenvalue weighted by Gasteiger charge is 2.26. The molecule has 0 amide bonds. The minimum Gasteiger partial charge on any atom is -0.328 e. The van der Waals surface area contributed by atoms with Crippen molar-refractivity contribution in [2.45, 2.75) is 45.1 Å². The Kier molecular flexibility index (Phi) is 3.62. The molecule has 1 fully saturated rings. The van der Waals surface area contributed by atoms with Crippen LogP contribution in [-0.4, -0.2) is 6.04 Å². The van der Waals surface area contributed by atoms with E-state index in [1.165, 1.54) is 19.3 Å². The van der Waals surface area contributed by atoms with Crippen LogP contribution in [0, 0.1) is 24.2 Å². The molecule has 3 atom stereocenters. The molecule has 3 unspecified atom stereocenters. The highest BCUT2D eigenvalue weighted by molar-refractivity contribution is 4.92. The van der Waals surface area contributed by atoms with Crippen molar-refractivity contribution in [2.75, 3.05) is 0 Å².